The van der Waals surface area contributed by atoms with Crippen molar-refractivity contribution in [2.45, 2.75) is 12.8 Å². The monoisotopic (exact) mass is 222 g/mol. The van der Waals surface area contributed by atoms with Crippen LogP contribution >= 0.6 is 11.6 Å². The molecule has 1 aromatic rings. The van der Waals surface area contributed by atoms with Gasteiger partial charge in [-0.05, 0) is 11.6 Å². The molecule has 0 atom stereocenters. The molecule has 1 amide bonds. The summed E-state index contributed by atoms with van der Waals surface area (Å²) >= 11 is 5.90. The summed E-state index contributed by atoms with van der Waals surface area (Å²) in [6.45, 7) is 0.389. The van der Waals surface area contributed by atoms with E-state index in [1.165, 1.54) is 0 Å². The lowest BCUT2D eigenvalue weighted by Gasteiger charge is -2.04. The largest absolute Gasteiger partial charge is 0.355 e. The van der Waals surface area contributed by atoms with Crippen LogP contribution in [0.2, 0.25) is 5.02 Å². The Bertz CT molecular complexity index is 384. The summed E-state index contributed by atoms with van der Waals surface area (Å²) in [7, 11) is 0. The van der Waals surface area contributed by atoms with Crippen molar-refractivity contribution in [3.05, 3.63) is 34.9 Å². The minimum absolute atomic E-state index is 0.113. The molecule has 0 aliphatic heterocycles. The van der Waals surface area contributed by atoms with Gasteiger partial charge in [0.15, 0.2) is 0 Å². The van der Waals surface area contributed by atoms with Gasteiger partial charge in [0, 0.05) is 11.6 Å². The molecule has 0 aliphatic carbocycles. The van der Waals surface area contributed by atoms with Crippen molar-refractivity contribution >= 4 is 17.5 Å². The summed E-state index contributed by atoms with van der Waals surface area (Å²) in [6.07, 6.45) is 0.583. The van der Waals surface area contributed by atoms with Gasteiger partial charge in [0.1, 0.15) is 0 Å². The maximum Gasteiger partial charge on any atom is 0.224 e. The zero-order valence-corrected chi connectivity index (χ0v) is 8.92. The van der Waals surface area contributed by atoms with E-state index in [4.69, 9.17) is 16.9 Å². The van der Waals surface area contributed by atoms with E-state index in [1.54, 1.807) is 6.07 Å². The predicted octanol–water partition coefficient (Wildman–Crippen LogP) is 1.91. The smallest absolute Gasteiger partial charge is 0.224 e. The number of nitriles is 1. The van der Waals surface area contributed by atoms with E-state index in [1.807, 2.05) is 24.3 Å². The molecule has 3 nitrogen and oxygen atoms in total. The molecular weight excluding hydrogens is 212 g/mol. The molecule has 4 heteroatoms. The Balaban J connectivity index is 2.45. The summed E-state index contributed by atoms with van der Waals surface area (Å²) in [5, 5.41) is 11.5. The van der Waals surface area contributed by atoms with Crippen molar-refractivity contribution in [2.24, 2.45) is 0 Å². The fourth-order valence-electron chi connectivity index (χ4n) is 1.14. The Morgan fingerprint density at radius 2 is 2.20 bits per heavy atom. The van der Waals surface area contributed by atoms with E-state index in [-0.39, 0.29) is 12.3 Å². The summed E-state index contributed by atoms with van der Waals surface area (Å²) in [6, 6.07) is 9.17. The Labute approximate surface area is 93.7 Å². The second-order valence-electron chi connectivity index (χ2n) is 3.03. The molecule has 0 fully saturated rings. The second kappa shape index (κ2) is 6.05. The van der Waals surface area contributed by atoms with Crippen molar-refractivity contribution in [3.63, 3.8) is 0 Å². The number of halogens is 1. The average Bonchev–Trinajstić information content (AvgIpc) is 2.22. The maximum absolute atomic E-state index is 11.4. The third-order valence-corrected chi connectivity index (χ3v) is 2.24. The maximum atomic E-state index is 11.4. The van der Waals surface area contributed by atoms with Gasteiger partial charge in [0.05, 0.1) is 18.9 Å². The summed E-state index contributed by atoms with van der Waals surface area (Å²) in [5.41, 5.74) is 0.800. The van der Waals surface area contributed by atoms with Crippen LogP contribution in [0.25, 0.3) is 0 Å². The normalized spacial score (nSPS) is 9.33. The highest BCUT2D eigenvalue weighted by Crippen LogP contribution is 2.14. The number of benzene rings is 1. The van der Waals surface area contributed by atoms with Crippen LogP contribution in [0.4, 0.5) is 0 Å². The third kappa shape index (κ3) is 4.01. The van der Waals surface area contributed by atoms with E-state index >= 15 is 0 Å². The Kier molecular flexibility index (Phi) is 4.65. The number of carbonyl (C=O) groups excluding carboxylic acids is 1. The summed E-state index contributed by atoms with van der Waals surface area (Å²) in [4.78, 5) is 11.4. The second-order valence-corrected chi connectivity index (χ2v) is 3.43. The van der Waals surface area contributed by atoms with Crippen molar-refractivity contribution in [3.8, 4) is 6.07 Å². The number of amides is 1. The summed E-state index contributed by atoms with van der Waals surface area (Å²) in [5.74, 6) is -0.113. The molecule has 0 bridgehead atoms. The Morgan fingerprint density at radius 3 is 2.87 bits per heavy atom. The molecule has 1 N–H and O–H groups in total. The van der Waals surface area contributed by atoms with Gasteiger partial charge in [0.25, 0.3) is 0 Å². The molecule has 0 spiro atoms. The quantitative estimate of drug-likeness (QED) is 0.792. The van der Waals surface area contributed by atoms with Gasteiger partial charge in [-0.2, -0.15) is 5.26 Å². The number of hydrogen-bond donors (Lipinski definition) is 1. The molecule has 0 unspecified atom stereocenters. The fourth-order valence-corrected chi connectivity index (χ4v) is 1.34. The molecule has 0 aliphatic rings. The topological polar surface area (TPSA) is 52.9 Å². The fraction of sp³-hybridized carbons (Fsp3) is 0.273. The Hall–Kier alpha value is -1.53. The number of nitrogens with zero attached hydrogens (tertiary/aromatic N) is 1. The molecule has 0 heterocycles. The minimum Gasteiger partial charge on any atom is -0.355 e. The van der Waals surface area contributed by atoms with Gasteiger partial charge in [-0.15, -0.1) is 0 Å². The highest BCUT2D eigenvalue weighted by atomic mass is 35.5. The molecular formula is C11H11ClN2O. The van der Waals surface area contributed by atoms with E-state index in [9.17, 15) is 4.79 Å². The van der Waals surface area contributed by atoms with Crippen LogP contribution in [0, 0.1) is 11.3 Å². The van der Waals surface area contributed by atoms with Crippen LogP contribution in [0.15, 0.2) is 24.3 Å². The Morgan fingerprint density at radius 1 is 1.47 bits per heavy atom. The molecule has 1 rings (SSSR count). The number of nitrogens with one attached hydrogen (secondary N) is 1. The van der Waals surface area contributed by atoms with Crippen molar-refractivity contribution < 1.29 is 4.79 Å². The van der Waals surface area contributed by atoms with E-state index in [2.05, 4.69) is 5.32 Å². The van der Waals surface area contributed by atoms with Crippen LogP contribution in [0.3, 0.4) is 0 Å². The van der Waals surface area contributed by atoms with Crippen LogP contribution < -0.4 is 5.32 Å². The van der Waals surface area contributed by atoms with E-state index in [0.717, 1.165) is 5.56 Å². The van der Waals surface area contributed by atoms with E-state index in [0.29, 0.717) is 18.0 Å². The van der Waals surface area contributed by atoms with Gasteiger partial charge >= 0.3 is 0 Å². The molecule has 0 saturated carbocycles. The predicted molar refractivity (Wildman–Crippen MR) is 58.4 cm³/mol. The molecule has 1 aromatic carbocycles. The summed E-state index contributed by atoms with van der Waals surface area (Å²) < 4.78 is 0. The van der Waals surface area contributed by atoms with Crippen LogP contribution in [-0.4, -0.2) is 12.5 Å². The molecule has 78 valence electrons. The first-order valence-corrected chi connectivity index (χ1v) is 4.99. The lowest BCUT2D eigenvalue weighted by atomic mass is 10.1. The first kappa shape index (κ1) is 11.5. The van der Waals surface area contributed by atoms with Gasteiger partial charge in [-0.3, -0.25) is 4.79 Å². The van der Waals surface area contributed by atoms with Crippen molar-refractivity contribution in [1.82, 2.24) is 5.32 Å². The van der Waals surface area contributed by atoms with Gasteiger partial charge < -0.3 is 5.32 Å². The number of hydrogen-bond acceptors (Lipinski definition) is 2. The van der Waals surface area contributed by atoms with Crippen molar-refractivity contribution in [1.29, 1.82) is 5.26 Å². The van der Waals surface area contributed by atoms with Crippen LogP contribution in [0.5, 0.6) is 0 Å². The average molecular weight is 223 g/mol. The first-order valence-electron chi connectivity index (χ1n) is 4.61. The number of rotatable bonds is 4. The lowest BCUT2D eigenvalue weighted by Crippen LogP contribution is -2.25. The van der Waals surface area contributed by atoms with Crippen LogP contribution in [0.1, 0.15) is 12.0 Å². The van der Waals surface area contributed by atoms with Crippen LogP contribution in [-0.2, 0) is 11.2 Å². The molecule has 0 saturated heterocycles. The van der Waals surface area contributed by atoms with Gasteiger partial charge in [-0.25, -0.2) is 0 Å². The van der Waals surface area contributed by atoms with E-state index < -0.39 is 0 Å². The van der Waals surface area contributed by atoms with Crippen molar-refractivity contribution in [2.75, 3.05) is 6.54 Å². The SMILES string of the molecule is N#CCCNC(=O)Cc1ccccc1Cl. The number of carbonyl (C=O) groups is 1. The highest BCUT2D eigenvalue weighted by Gasteiger charge is 2.05. The highest BCUT2D eigenvalue weighted by molar-refractivity contribution is 6.31. The van der Waals surface area contributed by atoms with Gasteiger partial charge in [-0.1, -0.05) is 29.8 Å². The standard InChI is InChI=1S/C11H11ClN2O/c12-10-5-2-1-4-9(10)8-11(15)14-7-3-6-13/h1-2,4-5H,3,7-8H2,(H,14,15). The zero-order chi connectivity index (χ0) is 11.1. The molecule has 0 aromatic heterocycles. The lowest BCUT2D eigenvalue weighted by molar-refractivity contribution is -0.120. The minimum atomic E-state index is -0.113. The zero-order valence-electron chi connectivity index (χ0n) is 8.16. The first-order chi connectivity index (χ1) is 7.24. The molecule has 15 heavy (non-hydrogen) atoms. The third-order valence-electron chi connectivity index (χ3n) is 1.87. The molecule has 0 radical (unpaired) electrons. The van der Waals surface area contributed by atoms with Gasteiger partial charge in [0.2, 0.25) is 5.91 Å².